The Morgan fingerprint density at radius 3 is 2.68 bits per heavy atom. The van der Waals surface area contributed by atoms with Gasteiger partial charge >= 0.3 is 5.97 Å². The van der Waals surface area contributed by atoms with Gasteiger partial charge in [-0.15, -0.1) is 0 Å². The number of hydrogen-bond donors (Lipinski definition) is 1. The Hall–Kier alpha value is -2.70. The molecular weight excluding hydrogens is 456 g/mol. The molecule has 1 aliphatic carbocycles. The Labute approximate surface area is 205 Å². The number of aliphatic carboxylic acids is 1. The highest BCUT2D eigenvalue weighted by Crippen LogP contribution is 2.52. The first-order valence-electron chi connectivity index (χ1n) is 11.5. The number of fused-ring (bicyclic) bond motifs is 3. The van der Waals surface area contributed by atoms with Crippen molar-refractivity contribution in [3.63, 3.8) is 0 Å². The van der Waals surface area contributed by atoms with Gasteiger partial charge in [0.05, 0.1) is 26.4 Å². The van der Waals surface area contributed by atoms with Crippen molar-refractivity contribution in [3.05, 3.63) is 64.2 Å². The third-order valence-corrected chi connectivity index (χ3v) is 7.09. The molecule has 6 nitrogen and oxygen atoms in total. The first-order chi connectivity index (χ1) is 16.3. The quantitative estimate of drug-likeness (QED) is 0.486. The minimum atomic E-state index is -1.07. The summed E-state index contributed by atoms with van der Waals surface area (Å²) in [5.74, 6) is 0.751. The van der Waals surface area contributed by atoms with Gasteiger partial charge in [0.15, 0.2) is 18.1 Å². The number of aryl methyl sites for hydroxylation is 1. The number of carboxylic acids is 1. The zero-order valence-corrected chi connectivity index (χ0v) is 20.6. The van der Waals surface area contributed by atoms with Crippen LogP contribution in [-0.4, -0.2) is 38.0 Å². The second kappa shape index (κ2) is 10.3. The molecule has 182 valence electrons. The van der Waals surface area contributed by atoms with Gasteiger partial charge in [0.1, 0.15) is 5.75 Å². The van der Waals surface area contributed by atoms with E-state index in [-0.39, 0.29) is 24.0 Å². The molecule has 0 radical (unpaired) electrons. The number of ether oxygens (including phenoxy) is 4. The fourth-order valence-electron chi connectivity index (χ4n) is 5.29. The van der Waals surface area contributed by atoms with E-state index >= 15 is 0 Å². The molecule has 1 N–H and O–H groups in total. The maximum Gasteiger partial charge on any atom is 0.341 e. The molecule has 34 heavy (non-hydrogen) atoms. The molecule has 0 spiro atoms. The summed E-state index contributed by atoms with van der Waals surface area (Å²) in [6, 6.07) is 9.73. The van der Waals surface area contributed by atoms with E-state index in [0.717, 1.165) is 37.0 Å². The molecule has 0 bridgehead atoms. The minimum Gasteiger partial charge on any atom is -0.497 e. The van der Waals surface area contributed by atoms with Gasteiger partial charge in [-0.1, -0.05) is 29.8 Å². The first kappa shape index (κ1) is 24.4. The van der Waals surface area contributed by atoms with Gasteiger partial charge < -0.3 is 24.1 Å². The topological polar surface area (TPSA) is 74.2 Å². The highest BCUT2D eigenvalue weighted by atomic mass is 35.5. The van der Waals surface area contributed by atoms with Crippen LogP contribution >= 0.6 is 11.6 Å². The lowest BCUT2D eigenvalue weighted by Crippen LogP contribution is -2.36. The molecule has 1 saturated heterocycles. The van der Waals surface area contributed by atoms with Crippen LogP contribution in [0.15, 0.2) is 42.5 Å². The van der Waals surface area contributed by atoms with E-state index in [1.165, 1.54) is 18.2 Å². The lowest BCUT2D eigenvalue weighted by Gasteiger charge is -2.43. The van der Waals surface area contributed by atoms with Gasteiger partial charge in [0.25, 0.3) is 0 Å². The minimum absolute atomic E-state index is 0.00699. The molecule has 2 aromatic rings. The number of rotatable bonds is 7. The lowest BCUT2D eigenvalue weighted by atomic mass is 9.74. The average molecular weight is 487 g/mol. The monoisotopic (exact) mass is 486 g/mol. The average Bonchev–Trinajstić information content (AvgIpc) is 2.99. The highest BCUT2D eigenvalue weighted by molar-refractivity contribution is 6.30. The van der Waals surface area contributed by atoms with Crippen molar-refractivity contribution in [1.29, 1.82) is 0 Å². The molecule has 0 aromatic heterocycles. The summed E-state index contributed by atoms with van der Waals surface area (Å²) in [5.41, 5.74) is 4.30. The number of carbonyl (C=O) groups is 1. The molecule has 2 aliphatic rings. The molecule has 4 atom stereocenters. The van der Waals surface area contributed by atoms with E-state index in [0.29, 0.717) is 22.1 Å². The van der Waals surface area contributed by atoms with E-state index in [4.69, 9.17) is 30.5 Å². The summed E-state index contributed by atoms with van der Waals surface area (Å²) in [5, 5.41) is 9.68. The molecule has 1 heterocycles. The third-order valence-electron chi connectivity index (χ3n) is 6.88. The largest absolute Gasteiger partial charge is 0.497 e. The van der Waals surface area contributed by atoms with Crippen molar-refractivity contribution in [1.82, 2.24) is 0 Å². The van der Waals surface area contributed by atoms with E-state index < -0.39 is 12.6 Å². The number of halogens is 1. The molecule has 4 rings (SSSR count). The lowest BCUT2D eigenvalue weighted by molar-refractivity contribution is -0.139. The van der Waals surface area contributed by atoms with Gasteiger partial charge in [-0.05, 0) is 61.9 Å². The smallest absolute Gasteiger partial charge is 0.341 e. The zero-order valence-electron chi connectivity index (χ0n) is 19.8. The van der Waals surface area contributed by atoms with Gasteiger partial charge in [0, 0.05) is 28.5 Å². The van der Waals surface area contributed by atoms with Crippen LogP contribution in [-0.2, 0) is 16.0 Å². The summed E-state index contributed by atoms with van der Waals surface area (Å²) < 4.78 is 23.4. The van der Waals surface area contributed by atoms with Crippen molar-refractivity contribution in [2.75, 3.05) is 20.8 Å². The van der Waals surface area contributed by atoms with Crippen LogP contribution in [0.25, 0.3) is 0 Å². The number of methoxy groups -OCH3 is 2. The summed E-state index contributed by atoms with van der Waals surface area (Å²) in [6.07, 6.45) is 3.39. The standard InChI is InChI=1S/C27H31ClO6/c1-15(2)20-13-21-19-9-8-18(31-3)10-16(19)6-5-7-23(21)34-26(20)22-11-17(28)12-24(32-4)27(22)33-14-25(29)30/h8-12,20-21,23,26H,1,5-7,13-14H2,2-4H3,(H,29,30)/t20-,21+,23-,26-/m0/s1. The molecule has 0 unspecified atom stereocenters. The molecule has 2 aromatic carbocycles. The molecule has 1 fully saturated rings. The third kappa shape index (κ3) is 4.89. The number of hydrogen-bond acceptors (Lipinski definition) is 5. The van der Waals surface area contributed by atoms with Crippen LogP contribution in [0.2, 0.25) is 5.02 Å². The van der Waals surface area contributed by atoms with Crippen LogP contribution in [0.1, 0.15) is 54.9 Å². The second-order valence-corrected chi connectivity index (χ2v) is 9.49. The Morgan fingerprint density at radius 2 is 2.00 bits per heavy atom. The summed E-state index contributed by atoms with van der Waals surface area (Å²) in [4.78, 5) is 11.2. The van der Waals surface area contributed by atoms with Crippen LogP contribution in [0.3, 0.4) is 0 Å². The fraction of sp³-hybridized carbons (Fsp3) is 0.444. The predicted molar refractivity (Wildman–Crippen MR) is 130 cm³/mol. The number of carboxylic acid groups (broad SMARTS) is 1. The van der Waals surface area contributed by atoms with Crippen molar-refractivity contribution in [2.24, 2.45) is 5.92 Å². The summed E-state index contributed by atoms with van der Waals surface area (Å²) in [7, 11) is 3.20. The molecule has 7 heteroatoms. The Morgan fingerprint density at radius 1 is 1.21 bits per heavy atom. The molecule has 0 amide bonds. The Bertz CT molecular complexity index is 1080. The number of benzene rings is 2. The SMILES string of the molecule is C=C(C)[C@@H]1C[C@@H]2c3ccc(OC)cc3CCC[C@@H]2O[C@@H]1c1cc(Cl)cc(OC)c1OCC(=O)O. The van der Waals surface area contributed by atoms with Crippen molar-refractivity contribution in [3.8, 4) is 17.2 Å². The van der Waals surface area contributed by atoms with E-state index in [1.54, 1.807) is 19.2 Å². The maximum absolute atomic E-state index is 11.2. The zero-order chi connectivity index (χ0) is 24.4. The molecule has 1 aliphatic heterocycles. The van der Waals surface area contributed by atoms with E-state index in [2.05, 4.69) is 18.7 Å². The first-order valence-corrected chi connectivity index (χ1v) is 11.9. The van der Waals surface area contributed by atoms with Crippen molar-refractivity contribution < 1.29 is 28.8 Å². The van der Waals surface area contributed by atoms with Crippen LogP contribution in [0.4, 0.5) is 0 Å². The second-order valence-electron chi connectivity index (χ2n) is 9.06. The van der Waals surface area contributed by atoms with Crippen LogP contribution in [0.5, 0.6) is 17.2 Å². The fourth-order valence-corrected chi connectivity index (χ4v) is 5.51. The Balaban J connectivity index is 1.75. The molecular formula is C27H31ClO6. The van der Waals surface area contributed by atoms with Gasteiger partial charge in [-0.2, -0.15) is 0 Å². The van der Waals surface area contributed by atoms with Crippen molar-refractivity contribution >= 4 is 17.6 Å². The van der Waals surface area contributed by atoms with Gasteiger partial charge in [-0.3, -0.25) is 0 Å². The van der Waals surface area contributed by atoms with E-state index in [9.17, 15) is 9.90 Å². The van der Waals surface area contributed by atoms with Crippen LogP contribution < -0.4 is 14.2 Å². The predicted octanol–water partition coefficient (Wildman–Crippen LogP) is 5.96. The normalized spacial score (nSPS) is 23.8. The summed E-state index contributed by atoms with van der Waals surface area (Å²) >= 11 is 6.43. The van der Waals surface area contributed by atoms with Gasteiger partial charge in [0.2, 0.25) is 0 Å². The van der Waals surface area contributed by atoms with E-state index in [1.807, 2.05) is 13.0 Å². The Kier molecular flexibility index (Phi) is 7.39. The maximum atomic E-state index is 11.2. The van der Waals surface area contributed by atoms with Crippen LogP contribution in [0, 0.1) is 5.92 Å². The molecule has 0 saturated carbocycles. The van der Waals surface area contributed by atoms with Crippen molar-refractivity contribution in [2.45, 2.75) is 50.7 Å². The van der Waals surface area contributed by atoms with Gasteiger partial charge in [-0.25, -0.2) is 4.79 Å². The highest BCUT2D eigenvalue weighted by Gasteiger charge is 2.42. The summed E-state index contributed by atoms with van der Waals surface area (Å²) in [6.45, 7) is 5.79.